The number of aromatic nitrogens is 3. The van der Waals surface area contributed by atoms with Crippen LogP contribution in [0.15, 0.2) is 65.5 Å². The predicted octanol–water partition coefficient (Wildman–Crippen LogP) is 4.29. The first kappa shape index (κ1) is 25.5. The van der Waals surface area contributed by atoms with Gasteiger partial charge in [-0.15, -0.1) is 0 Å². The number of nitrogens with two attached hydrogens (primary N) is 1. The smallest absolute Gasteiger partial charge is 0.252 e. The lowest BCUT2D eigenvalue weighted by molar-refractivity contribution is -0.116. The molecule has 0 saturated heterocycles. The molecule has 1 aliphatic carbocycles. The molecule has 3 aromatic rings. The maximum absolute atomic E-state index is 13.6. The number of sulfonamides is 1. The van der Waals surface area contributed by atoms with Crippen LogP contribution in [0.1, 0.15) is 62.4 Å². The Morgan fingerprint density at radius 1 is 1.19 bits per heavy atom. The van der Waals surface area contributed by atoms with Gasteiger partial charge in [0.05, 0.1) is 23.6 Å². The van der Waals surface area contributed by atoms with Crippen molar-refractivity contribution >= 4 is 27.6 Å². The van der Waals surface area contributed by atoms with E-state index in [9.17, 15) is 17.6 Å². The molecule has 1 aromatic carbocycles. The van der Waals surface area contributed by atoms with Gasteiger partial charge in [-0.3, -0.25) is 9.78 Å². The normalized spacial score (nSPS) is 14.3. The average molecular weight is 510 g/mol. The van der Waals surface area contributed by atoms with Crippen LogP contribution in [0.2, 0.25) is 0 Å². The zero-order valence-electron chi connectivity index (χ0n) is 20.1. The number of rotatable bonds is 8. The lowest BCUT2D eigenvalue weighted by atomic mass is 10.0. The molecule has 0 aliphatic heterocycles. The fraction of sp³-hybridized carbons (Fsp3) is 0.269. The molecule has 1 aliphatic rings. The van der Waals surface area contributed by atoms with Crippen molar-refractivity contribution < 1.29 is 17.6 Å². The first-order valence-corrected chi connectivity index (χ1v) is 13.3. The average Bonchev–Trinajstić information content (AvgIpc) is 3.16. The van der Waals surface area contributed by atoms with E-state index in [4.69, 9.17) is 5.14 Å². The SMILES string of the molecule is CCCC(NC(=O)C1=CCC(CC)=Cc2c1cnn2-c1ccc(F)cc1)c1cncc(S(N)(=O)=O)c1. The van der Waals surface area contributed by atoms with Gasteiger partial charge >= 0.3 is 0 Å². The number of primary sulfonamides is 1. The Bertz CT molecular complexity index is 1440. The van der Waals surface area contributed by atoms with Crippen LogP contribution < -0.4 is 10.5 Å². The minimum absolute atomic E-state index is 0.108. The second-order valence-electron chi connectivity index (χ2n) is 8.62. The number of pyridine rings is 1. The van der Waals surface area contributed by atoms with E-state index >= 15 is 0 Å². The summed E-state index contributed by atoms with van der Waals surface area (Å²) in [6.07, 6.45) is 11.0. The zero-order valence-corrected chi connectivity index (χ0v) is 20.9. The second-order valence-corrected chi connectivity index (χ2v) is 10.2. The molecule has 2 heterocycles. The van der Waals surface area contributed by atoms with Crippen LogP contribution in [0, 0.1) is 5.82 Å². The van der Waals surface area contributed by atoms with Gasteiger partial charge in [0.1, 0.15) is 10.7 Å². The lowest BCUT2D eigenvalue weighted by Gasteiger charge is -2.20. The summed E-state index contributed by atoms with van der Waals surface area (Å²) in [7, 11) is -3.93. The van der Waals surface area contributed by atoms with Gasteiger partial charge in [0.2, 0.25) is 10.0 Å². The number of amides is 1. The fourth-order valence-corrected chi connectivity index (χ4v) is 4.69. The van der Waals surface area contributed by atoms with E-state index in [1.54, 1.807) is 23.0 Å². The number of halogens is 1. The Kier molecular flexibility index (Phi) is 7.46. The molecule has 3 N–H and O–H groups in total. The van der Waals surface area contributed by atoms with Gasteiger partial charge in [-0.25, -0.2) is 22.6 Å². The number of hydrogen-bond acceptors (Lipinski definition) is 5. The Morgan fingerprint density at radius 3 is 2.61 bits per heavy atom. The fourth-order valence-electron chi connectivity index (χ4n) is 4.18. The first-order valence-electron chi connectivity index (χ1n) is 11.7. The molecule has 10 heteroatoms. The number of benzene rings is 1. The molecular weight excluding hydrogens is 481 g/mol. The first-order chi connectivity index (χ1) is 17.2. The summed E-state index contributed by atoms with van der Waals surface area (Å²) in [6, 6.07) is 6.99. The predicted molar refractivity (Wildman–Crippen MR) is 136 cm³/mol. The minimum atomic E-state index is -3.93. The summed E-state index contributed by atoms with van der Waals surface area (Å²) in [6.45, 7) is 4.02. The molecule has 8 nitrogen and oxygen atoms in total. The van der Waals surface area contributed by atoms with Crippen LogP contribution >= 0.6 is 0 Å². The van der Waals surface area contributed by atoms with Crippen LogP contribution in [-0.2, 0) is 14.8 Å². The van der Waals surface area contributed by atoms with Crippen LogP contribution in [-0.4, -0.2) is 29.1 Å². The van der Waals surface area contributed by atoms with E-state index in [1.165, 1.54) is 30.6 Å². The van der Waals surface area contributed by atoms with Crippen molar-refractivity contribution in [3.63, 3.8) is 0 Å². The third-order valence-corrected chi connectivity index (χ3v) is 7.00. The Morgan fingerprint density at radius 2 is 1.94 bits per heavy atom. The number of carbonyl (C=O) groups is 1. The lowest BCUT2D eigenvalue weighted by Crippen LogP contribution is -2.29. The largest absolute Gasteiger partial charge is 0.345 e. The minimum Gasteiger partial charge on any atom is -0.345 e. The number of hydrogen-bond donors (Lipinski definition) is 2. The maximum Gasteiger partial charge on any atom is 0.252 e. The highest BCUT2D eigenvalue weighted by Gasteiger charge is 2.25. The van der Waals surface area contributed by atoms with Gasteiger partial charge in [0, 0.05) is 23.5 Å². The molecule has 0 fully saturated rings. The van der Waals surface area contributed by atoms with Crippen molar-refractivity contribution in [3.05, 3.63) is 83.2 Å². The van der Waals surface area contributed by atoms with E-state index in [0.717, 1.165) is 24.1 Å². The number of nitrogens with zero attached hydrogens (tertiary/aromatic N) is 3. The van der Waals surface area contributed by atoms with E-state index < -0.39 is 16.1 Å². The van der Waals surface area contributed by atoms with Gasteiger partial charge in [-0.1, -0.05) is 31.9 Å². The number of carbonyl (C=O) groups excluding carboxylic acids is 1. The Hall–Kier alpha value is -3.63. The van der Waals surface area contributed by atoms with Gasteiger partial charge in [0.15, 0.2) is 0 Å². The Balaban J connectivity index is 1.70. The van der Waals surface area contributed by atoms with Crippen LogP contribution in [0.3, 0.4) is 0 Å². The summed E-state index contributed by atoms with van der Waals surface area (Å²) >= 11 is 0. The van der Waals surface area contributed by atoms with Crippen molar-refractivity contribution in [2.24, 2.45) is 5.14 Å². The molecule has 0 bridgehead atoms. The van der Waals surface area contributed by atoms with Crippen molar-refractivity contribution in [2.75, 3.05) is 0 Å². The van der Waals surface area contributed by atoms with Crippen molar-refractivity contribution in [2.45, 2.75) is 50.5 Å². The van der Waals surface area contributed by atoms with Crippen molar-refractivity contribution in [1.82, 2.24) is 20.1 Å². The molecule has 188 valence electrons. The maximum atomic E-state index is 13.6. The number of fused-ring (bicyclic) bond motifs is 1. The molecule has 0 spiro atoms. The summed E-state index contributed by atoms with van der Waals surface area (Å²) < 4.78 is 38.8. The quantitative estimate of drug-likeness (QED) is 0.469. The van der Waals surface area contributed by atoms with Gasteiger partial charge in [-0.05, 0) is 61.2 Å². The molecule has 36 heavy (non-hydrogen) atoms. The monoisotopic (exact) mass is 509 g/mol. The number of allylic oxidation sites excluding steroid dienone is 2. The summed E-state index contributed by atoms with van der Waals surface area (Å²) in [5.74, 6) is -0.648. The molecule has 0 saturated carbocycles. The zero-order chi connectivity index (χ0) is 25.9. The van der Waals surface area contributed by atoms with E-state index in [0.29, 0.717) is 35.2 Å². The number of nitrogens with one attached hydrogen (secondary N) is 1. The van der Waals surface area contributed by atoms with Crippen molar-refractivity contribution in [3.8, 4) is 5.69 Å². The third-order valence-electron chi connectivity index (χ3n) is 6.12. The van der Waals surface area contributed by atoms with Gasteiger partial charge in [-0.2, -0.15) is 5.10 Å². The van der Waals surface area contributed by atoms with E-state index in [1.807, 2.05) is 26.0 Å². The van der Waals surface area contributed by atoms with E-state index in [2.05, 4.69) is 15.4 Å². The highest BCUT2D eigenvalue weighted by Crippen LogP contribution is 2.31. The second kappa shape index (κ2) is 10.5. The van der Waals surface area contributed by atoms with Crippen LogP contribution in [0.4, 0.5) is 4.39 Å². The summed E-state index contributed by atoms with van der Waals surface area (Å²) in [5, 5.41) is 12.8. The standard InChI is InChI=1S/C26H28FN5O3S/c1-3-5-24(18-13-21(15-29-14-18)36(28,34)35)31-26(33)22-11-6-17(4-2)12-25-23(22)16-30-32(25)20-9-7-19(27)8-10-20/h7-16,24H,3-6H2,1-2H3,(H,31,33)(H2,28,34,35). The molecule has 1 atom stereocenters. The molecule has 1 unspecified atom stereocenters. The topological polar surface area (TPSA) is 120 Å². The van der Waals surface area contributed by atoms with Gasteiger partial charge in [0.25, 0.3) is 5.91 Å². The van der Waals surface area contributed by atoms with Crippen LogP contribution in [0.5, 0.6) is 0 Å². The molecule has 1 amide bonds. The third kappa shape index (κ3) is 5.44. The Labute approximate surface area is 209 Å². The van der Waals surface area contributed by atoms with Gasteiger partial charge < -0.3 is 5.32 Å². The summed E-state index contributed by atoms with van der Waals surface area (Å²) in [5.41, 5.74) is 4.23. The highest BCUT2D eigenvalue weighted by molar-refractivity contribution is 7.89. The highest BCUT2D eigenvalue weighted by atomic mass is 32.2. The van der Waals surface area contributed by atoms with E-state index in [-0.39, 0.29) is 16.6 Å². The summed E-state index contributed by atoms with van der Waals surface area (Å²) in [4.78, 5) is 17.5. The molecule has 4 rings (SSSR count). The molecule has 0 radical (unpaired) electrons. The van der Waals surface area contributed by atoms with Crippen molar-refractivity contribution in [1.29, 1.82) is 0 Å². The molecule has 2 aromatic heterocycles. The molecular formula is C26H28FN5O3S. The van der Waals surface area contributed by atoms with Crippen LogP contribution in [0.25, 0.3) is 17.3 Å².